The van der Waals surface area contributed by atoms with Crippen LogP contribution in [0.4, 0.5) is 0 Å². The monoisotopic (exact) mass is 320 g/mol. The smallest absolute Gasteiger partial charge is 0.338 e. The Morgan fingerprint density at radius 2 is 1.87 bits per heavy atom. The fourth-order valence-electron chi connectivity index (χ4n) is 3.29. The number of phenols is 1. The molecule has 23 heavy (non-hydrogen) atoms. The van der Waals surface area contributed by atoms with Crippen LogP contribution in [0, 0.1) is 0 Å². The minimum absolute atomic E-state index is 0.0106. The summed E-state index contributed by atoms with van der Waals surface area (Å²) in [7, 11) is 0. The largest absolute Gasteiger partial charge is 0.507 e. The molecule has 0 heterocycles. The summed E-state index contributed by atoms with van der Waals surface area (Å²) in [6.45, 7) is 5.87. The normalized spacial score (nSPS) is 16.3. The van der Waals surface area contributed by atoms with Crippen LogP contribution in [0.1, 0.15) is 80.3 Å². The van der Waals surface area contributed by atoms with Gasteiger partial charge < -0.3 is 14.9 Å². The maximum Gasteiger partial charge on any atom is 0.338 e. The molecule has 1 aliphatic carbocycles. The van der Waals surface area contributed by atoms with Crippen LogP contribution in [0.25, 0.3) is 0 Å². The minimum Gasteiger partial charge on any atom is -0.507 e. The predicted molar refractivity (Wildman–Crippen MR) is 90.0 cm³/mol. The van der Waals surface area contributed by atoms with Crippen molar-refractivity contribution in [1.29, 1.82) is 0 Å². The molecule has 0 unspecified atom stereocenters. The molecular formula is C19H28O4. The average Bonchev–Trinajstić information content (AvgIpc) is 2.52. The number of benzene rings is 1. The molecule has 0 atom stereocenters. The highest BCUT2D eigenvalue weighted by Crippen LogP contribution is 2.42. The molecule has 0 amide bonds. The van der Waals surface area contributed by atoms with Crippen molar-refractivity contribution in [2.45, 2.75) is 64.2 Å². The van der Waals surface area contributed by atoms with Crippen LogP contribution in [0.5, 0.6) is 5.75 Å². The van der Waals surface area contributed by atoms with E-state index in [4.69, 9.17) is 9.84 Å². The zero-order valence-corrected chi connectivity index (χ0v) is 14.4. The number of hydrogen-bond acceptors (Lipinski definition) is 4. The number of rotatable bonds is 4. The number of aliphatic hydroxyl groups is 1. The molecular weight excluding hydrogens is 292 g/mol. The molecule has 0 radical (unpaired) electrons. The zero-order valence-electron chi connectivity index (χ0n) is 14.4. The Labute approximate surface area is 138 Å². The first-order valence-electron chi connectivity index (χ1n) is 8.50. The van der Waals surface area contributed by atoms with Crippen LogP contribution >= 0.6 is 0 Å². The Hall–Kier alpha value is -1.55. The third-order valence-corrected chi connectivity index (χ3v) is 4.55. The van der Waals surface area contributed by atoms with Gasteiger partial charge in [0, 0.05) is 5.56 Å². The first-order valence-corrected chi connectivity index (χ1v) is 8.50. The molecule has 0 aromatic heterocycles. The van der Waals surface area contributed by atoms with Crippen LogP contribution in [-0.2, 0) is 10.2 Å². The van der Waals surface area contributed by atoms with E-state index in [2.05, 4.69) is 0 Å². The molecule has 0 spiro atoms. The summed E-state index contributed by atoms with van der Waals surface area (Å²) in [6, 6.07) is 3.50. The standard InChI is InChI=1S/C19H28O4/c1-19(2,3)16-12-14(18(22)23-10-9-20)11-15(17(16)21)13-7-5-4-6-8-13/h11-13,20-21H,4-10H2,1-3H3. The summed E-state index contributed by atoms with van der Waals surface area (Å²) in [6.07, 6.45) is 5.66. The molecule has 1 fully saturated rings. The van der Waals surface area contributed by atoms with Crippen molar-refractivity contribution in [3.8, 4) is 5.75 Å². The van der Waals surface area contributed by atoms with E-state index < -0.39 is 5.97 Å². The first-order chi connectivity index (χ1) is 10.8. The minimum atomic E-state index is -0.443. The lowest BCUT2D eigenvalue weighted by Gasteiger charge is -2.28. The summed E-state index contributed by atoms with van der Waals surface area (Å²) >= 11 is 0. The summed E-state index contributed by atoms with van der Waals surface area (Å²) in [5, 5.41) is 19.6. The van der Waals surface area contributed by atoms with E-state index in [0.29, 0.717) is 17.2 Å². The van der Waals surface area contributed by atoms with Crippen LogP contribution in [0.15, 0.2) is 12.1 Å². The number of aromatic hydroxyl groups is 1. The molecule has 4 heteroatoms. The van der Waals surface area contributed by atoms with Crippen LogP contribution in [0.3, 0.4) is 0 Å². The van der Waals surface area contributed by atoms with Gasteiger partial charge in [-0.15, -0.1) is 0 Å². The quantitative estimate of drug-likeness (QED) is 0.826. The van der Waals surface area contributed by atoms with Crippen molar-refractivity contribution in [2.75, 3.05) is 13.2 Å². The number of aliphatic hydroxyl groups excluding tert-OH is 1. The molecule has 2 N–H and O–H groups in total. The molecule has 1 aromatic carbocycles. The van der Waals surface area contributed by atoms with Crippen molar-refractivity contribution in [3.05, 3.63) is 28.8 Å². The van der Waals surface area contributed by atoms with E-state index in [1.807, 2.05) is 20.8 Å². The number of carbonyl (C=O) groups excluding carboxylic acids is 1. The number of hydrogen-bond donors (Lipinski definition) is 2. The number of esters is 1. The van der Waals surface area contributed by atoms with Gasteiger partial charge in [0.25, 0.3) is 0 Å². The molecule has 0 saturated heterocycles. The molecule has 0 bridgehead atoms. The zero-order chi connectivity index (χ0) is 17.0. The third kappa shape index (κ3) is 4.25. The van der Waals surface area contributed by atoms with Gasteiger partial charge in [-0.2, -0.15) is 0 Å². The summed E-state index contributed by atoms with van der Waals surface area (Å²) < 4.78 is 5.06. The average molecular weight is 320 g/mol. The second kappa shape index (κ2) is 7.35. The van der Waals surface area contributed by atoms with Crippen LogP contribution in [-0.4, -0.2) is 29.4 Å². The topological polar surface area (TPSA) is 66.8 Å². The Kier molecular flexibility index (Phi) is 5.69. The first kappa shape index (κ1) is 17.8. The van der Waals surface area contributed by atoms with Crippen LogP contribution in [0.2, 0.25) is 0 Å². The SMILES string of the molecule is CC(C)(C)c1cc(C(=O)OCCO)cc(C2CCCCC2)c1O. The van der Waals surface area contributed by atoms with Gasteiger partial charge in [-0.05, 0) is 41.9 Å². The molecule has 4 nitrogen and oxygen atoms in total. The highest BCUT2D eigenvalue weighted by atomic mass is 16.5. The lowest BCUT2D eigenvalue weighted by atomic mass is 9.78. The summed E-state index contributed by atoms with van der Waals surface area (Å²) in [5.41, 5.74) is 1.84. The van der Waals surface area contributed by atoms with E-state index in [-0.39, 0.29) is 18.6 Å². The number of phenolic OH excluding ortho intramolecular Hbond substituents is 1. The van der Waals surface area contributed by atoms with Crippen molar-refractivity contribution >= 4 is 5.97 Å². The fourth-order valence-corrected chi connectivity index (χ4v) is 3.29. The van der Waals surface area contributed by atoms with Gasteiger partial charge in [0.2, 0.25) is 0 Å². The van der Waals surface area contributed by atoms with E-state index in [1.54, 1.807) is 12.1 Å². The molecule has 2 rings (SSSR count). The Morgan fingerprint density at radius 3 is 2.43 bits per heavy atom. The fraction of sp³-hybridized carbons (Fsp3) is 0.632. The van der Waals surface area contributed by atoms with Gasteiger partial charge in [-0.1, -0.05) is 40.0 Å². The highest BCUT2D eigenvalue weighted by molar-refractivity contribution is 5.90. The second-order valence-corrected chi connectivity index (χ2v) is 7.41. The van der Waals surface area contributed by atoms with Gasteiger partial charge in [-0.3, -0.25) is 0 Å². The molecule has 1 saturated carbocycles. The van der Waals surface area contributed by atoms with Crippen molar-refractivity contribution < 1.29 is 19.7 Å². The number of ether oxygens (including phenoxy) is 1. The van der Waals surface area contributed by atoms with E-state index in [0.717, 1.165) is 36.8 Å². The molecule has 1 aromatic rings. The van der Waals surface area contributed by atoms with Gasteiger partial charge >= 0.3 is 5.97 Å². The maximum absolute atomic E-state index is 12.2. The van der Waals surface area contributed by atoms with Crippen molar-refractivity contribution in [2.24, 2.45) is 0 Å². The van der Waals surface area contributed by atoms with Gasteiger partial charge in [0.05, 0.1) is 12.2 Å². The van der Waals surface area contributed by atoms with Gasteiger partial charge in [0.15, 0.2) is 0 Å². The summed E-state index contributed by atoms with van der Waals surface area (Å²) in [5.74, 6) is 0.181. The van der Waals surface area contributed by atoms with E-state index in [9.17, 15) is 9.90 Å². The van der Waals surface area contributed by atoms with Crippen molar-refractivity contribution in [1.82, 2.24) is 0 Å². The highest BCUT2D eigenvalue weighted by Gasteiger charge is 2.27. The second-order valence-electron chi connectivity index (χ2n) is 7.41. The Bertz CT molecular complexity index is 551. The predicted octanol–water partition coefficient (Wildman–Crippen LogP) is 3.89. The Morgan fingerprint density at radius 1 is 1.22 bits per heavy atom. The molecule has 128 valence electrons. The third-order valence-electron chi connectivity index (χ3n) is 4.55. The number of carbonyl (C=O) groups is 1. The van der Waals surface area contributed by atoms with E-state index >= 15 is 0 Å². The lowest BCUT2D eigenvalue weighted by molar-refractivity contribution is 0.0433. The lowest BCUT2D eigenvalue weighted by Crippen LogP contribution is -2.17. The van der Waals surface area contributed by atoms with Crippen molar-refractivity contribution in [3.63, 3.8) is 0 Å². The molecule has 0 aliphatic heterocycles. The maximum atomic E-state index is 12.2. The van der Waals surface area contributed by atoms with E-state index in [1.165, 1.54) is 6.42 Å². The summed E-state index contributed by atoms with van der Waals surface area (Å²) in [4.78, 5) is 12.2. The van der Waals surface area contributed by atoms with Gasteiger partial charge in [-0.25, -0.2) is 4.79 Å². The Balaban J connectivity index is 2.45. The molecule has 1 aliphatic rings. The van der Waals surface area contributed by atoms with Crippen LogP contribution < -0.4 is 0 Å². The van der Waals surface area contributed by atoms with Gasteiger partial charge in [0.1, 0.15) is 12.4 Å².